The summed E-state index contributed by atoms with van der Waals surface area (Å²) in [5.41, 5.74) is 1.60. The molecule has 0 radical (unpaired) electrons. The molecule has 0 unspecified atom stereocenters. The molecule has 82 valence electrons. The van der Waals surface area contributed by atoms with Gasteiger partial charge in [-0.25, -0.2) is 4.98 Å². The van der Waals surface area contributed by atoms with E-state index in [4.69, 9.17) is 0 Å². The van der Waals surface area contributed by atoms with Gasteiger partial charge in [-0.3, -0.25) is 4.98 Å². The second kappa shape index (κ2) is 5.48. The van der Waals surface area contributed by atoms with Crippen LogP contribution in [0, 0.1) is 0 Å². The number of benzene rings is 2. The number of hydrogen-bond donors (Lipinski definition) is 0. The van der Waals surface area contributed by atoms with E-state index in [-0.39, 0.29) is 29.6 Å². The van der Waals surface area contributed by atoms with Crippen molar-refractivity contribution in [1.29, 1.82) is 0 Å². The van der Waals surface area contributed by atoms with E-state index in [1.165, 1.54) is 11.6 Å². The molecule has 0 N–H and O–H groups in total. The van der Waals surface area contributed by atoms with Crippen molar-refractivity contribution < 1.29 is 34.7 Å². The molecule has 3 aromatic rings. The number of hydrogen-bond acceptors (Lipinski definition) is 3. The topological polar surface area (TPSA) is 48.8 Å². The monoisotopic (exact) mass is 244 g/mol. The predicted octanol–water partition coefficient (Wildman–Crippen LogP) is -0.626. The van der Waals surface area contributed by atoms with Gasteiger partial charge in [0.25, 0.3) is 0 Å². The molecule has 2 aromatic carbocycles. The average Bonchev–Trinajstić information content (AvgIpc) is 2.38. The first kappa shape index (κ1) is 13.0. The van der Waals surface area contributed by atoms with Crippen molar-refractivity contribution in [2.45, 2.75) is 0 Å². The Kier molecular flexibility index (Phi) is 3.97. The van der Waals surface area contributed by atoms with Crippen molar-refractivity contribution in [2.24, 2.45) is 0 Å². The third kappa shape index (κ3) is 2.53. The predicted molar refractivity (Wildman–Crippen MR) is 64.4 cm³/mol. The molecule has 0 atom stereocenters. The standard InChI is InChI=1S/C14H10N2O.Na/c17-14-15-8-7-13(16-14)12-6-5-10-3-1-2-4-11(10)9-12;/h1-9H,(H,15,16,17);/q;+1/p-1. The molecule has 0 aliphatic rings. The van der Waals surface area contributed by atoms with Gasteiger partial charge in [0.1, 0.15) is 0 Å². The molecule has 4 heteroatoms. The van der Waals surface area contributed by atoms with Crippen LogP contribution in [0.15, 0.2) is 54.7 Å². The molecule has 1 aromatic heterocycles. The molecule has 0 aliphatic carbocycles. The normalized spacial score (nSPS) is 10.0. The largest absolute Gasteiger partial charge is 1.00 e. The van der Waals surface area contributed by atoms with E-state index in [1.807, 2.05) is 36.4 Å². The van der Waals surface area contributed by atoms with Crippen LogP contribution in [0.25, 0.3) is 22.0 Å². The summed E-state index contributed by atoms with van der Waals surface area (Å²) in [5.74, 6) is 0. The Balaban J connectivity index is 0.00000120. The van der Waals surface area contributed by atoms with E-state index >= 15 is 0 Å². The summed E-state index contributed by atoms with van der Waals surface area (Å²) in [6.45, 7) is 0. The Morgan fingerprint density at radius 2 is 1.67 bits per heavy atom. The number of aromatic nitrogens is 2. The van der Waals surface area contributed by atoms with Crippen LogP contribution in [0.5, 0.6) is 6.01 Å². The van der Waals surface area contributed by atoms with Gasteiger partial charge in [0.2, 0.25) is 0 Å². The van der Waals surface area contributed by atoms with Crippen LogP contribution in [-0.4, -0.2) is 9.97 Å². The Bertz CT molecular complexity index is 685. The average molecular weight is 244 g/mol. The second-order valence-electron chi connectivity index (χ2n) is 3.79. The molecule has 3 nitrogen and oxygen atoms in total. The van der Waals surface area contributed by atoms with Crippen LogP contribution in [0.1, 0.15) is 0 Å². The molecule has 18 heavy (non-hydrogen) atoms. The third-order valence-electron chi connectivity index (χ3n) is 2.68. The fraction of sp³-hybridized carbons (Fsp3) is 0. The molecule has 0 spiro atoms. The first-order valence-corrected chi connectivity index (χ1v) is 5.32. The Labute approximate surface area is 127 Å². The van der Waals surface area contributed by atoms with Crippen molar-refractivity contribution >= 4 is 10.8 Å². The molecule has 0 aliphatic heterocycles. The van der Waals surface area contributed by atoms with Crippen molar-refractivity contribution in [3.63, 3.8) is 0 Å². The van der Waals surface area contributed by atoms with Gasteiger partial charge < -0.3 is 5.11 Å². The summed E-state index contributed by atoms with van der Waals surface area (Å²) < 4.78 is 0. The molecule has 0 amide bonds. The van der Waals surface area contributed by atoms with Gasteiger partial charge in [-0.1, -0.05) is 36.4 Å². The van der Waals surface area contributed by atoms with Gasteiger partial charge in [0, 0.05) is 11.8 Å². The van der Waals surface area contributed by atoms with E-state index in [1.54, 1.807) is 6.07 Å². The van der Waals surface area contributed by atoms with Crippen molar-refractivity contribution in [2.75, 3.05) is 0 Å². The summed E-state index contributed by atoms with van der Waals surface area (Å²) in [7, 11) is 0. The zero-order valence-electron chi connectivity index (χ0n) is 10.00. The van der Waals surface area contributed by atoms with Gasteiger partial charge in [-0.15, -0.1) is 0 Å². The second-order valence-corrected chi connectivity index (χ2v) is 3.79. The van der Waals surface area contributed by atoms with Crippen LogP contribution in [0.3, 0.4) is 0 Å². The molecule has 0 saturated carbocycles. The Morgan fingerprint density at radius 3 is 2.44 bits per heavy atom. The fourth-order valence-corrected chi connectivity index (χ4v) is 1.85. The van der Waals surface area contributed by atoms with Crippen LogP contribution in [-0.2, 0) is 0 Å². The molecule has 0 saturated heterocycles. The van der Waals surface area contributed by atoms with Crippen molar-refractivity contribution in [3.8, 4) is 17.3 Å². The summed E-state index contributed by atoms with van der Waals surface area (Å²) >= 11 is 0. The van der Waals surface area contributed by atoms with Gasteiger partial charge >= 0.3 is 29.6 Å². The molecule has 0 bridgehead atoms. The maximum atomic E-state index is 11.1. The summed E-state index contributed by atoms with van der Waals surface area (Å²) in [5, 5.41) is 13.4. The maximum absolute atomic E-state index is 11.1. The van der Waals surface area contributed by atoms with Gasteiger partial charge in [-0.2, -0.15) is 0 Å². The first-order valence-electron chi connectivity index (χ1n) is 5.32. The number of rotatable bonds is 1. The molecule has 3 rings (SSSR count). The first-order chi connectivity index (χ1) is 8.33. The molecular formula is C14H9N2NaO. The minimum absolute atomic E-state index is 0. The van der Waals surface area contributed by atoms with Crippen LogP contribution in [0.2, 0.25) is 0 Å². The van der Waals surface area contributed by atoms with Gasteiger partial charge in [0.15, 0.2) is 0 Å². The van der Waals surface area contributed by atoms with E-state index in [9.17, 15) is 5.11 Å². The summed E-state index contributed by atoms with van der Waals surface area (Å²) in [6, 6.07) is 15.4. The SMILES string of the molecule is [Na+].[O-]c1nccc(-c2ccc3ccccc3c2)n1. The Morgan fingerprint density at radius 1 is 0.889 bits per heavy atom. The minimum atomic E-state index is -0.448. The van der Waals surface area contributed by atoms with Crippen LogP contribution < -0.4 is 34.7 Å². The molecule has 0 fully saturated rings. The van der Waals surface area contributed by atoms with Crippen LogP contribution in [0.4, 0.5) is 0 Å². The maximum Gasteiger partial charge on any atom is 1.00 e. The van der Waals surface area contributed by atoms with Crippen LogP contribution >= 0.6 is 0 Å². The van der Waals surface area contributed by atoms with Gasteiger partial charge in [-0.05, 0) is 22.9 Å². The minimum Gasteiger partial charge on any atom is -0.844 e. The molecule has 1 heterocycles. The number of fused-ring (bicyclic) bond motifs is 1. The van der Waals surface area contributed by atoms with E-state index < -0.39 is 6.01 Å². The zero-order valence-corrected chi connectivity index (χ0v) is 12.0. The van der Waals surface area contributed by atoms with Crippen molar-refractivity contribution in [3.05, 3.63) is 54.7 Å². The van der Waals surface area contributed by atoms with E-state index in [2.05, 4.69) is 16.0 Å². The van der Waals surface area contributed by atoms with Gasteiger partial charge in [0.05, 0.1) is 11.7 Å². The van der Waals surface area contributed by atoms with Crippen molar-refractivity contribution in [1.82, 2.24) is 9.97 Å². The fourth-order valence-electron chi connectivity index (χ4n) is 1.85. The smallest absolute Gasteiger partial charge is 0.844 e. The quantitative estimate of drug-likeness (QED) is 0.536. The summed E-state index contributed by atoms with van der Waals surface area (Å²) in [4.78, 5) is 7.44. The van der Waals surface area contributed by atoms with E-state index in [0.717, 1.165) is 10.9 Å². The number of nitrogens with zero attached hydrogens (tertiary/aromatic N) is 2. The summed E-state index contributed by atoms with van der Waals surface area (Å²) in [6.07, 6.45) is 1.49. The third-order valence-corrected chi connectivity index (χ3v) is 2.68. The molecular weight excluding hydrogens is 235 g/mol. The Hall–Kier alpha value is -1.42. The zero-order chi connectivity index (χ0) is 11.7. The van der Waals surface area contributed by atoms with E-state index in [0.29, 0.717) is 5.69 Å².